The molecular formula is C12H23N3O4S. The molecule has 1 amide bonds. The Labute approximate surface area is 120 Å². The standard InChI is InChI=1S/C12H23N3O4S/c1-3-20(17,18)15-7-5-14(6-8-15)12(16)11-10(2)19-9-4-13-11/h10-11,13H,3-9H2,1-2H3/t10-,11+/m1/s1. The zero-order valence-corrected chi connectivity index (χ0v) is 12.9. The van der Waals surface area contributed by atoms with E-state index in [2.05, 4.69) is 5.32 Å². The second kappa shape index (κ2) is 6.38. The van der Waals surface area contributed by atoms with Crippen molar-refractivity contribution in [2.45, 2.75) is 26.0 Å². The molecule has 2 heterocycles. The van der Waals surface area contributed by atoms with Gasteiger partial charge in [0.25, 0.3) is 0 Å². The molecule has 2 atom stereocenters. The number of hydrogen-bond donors (Lipinski definition) is 1. The SMILES string of the molecule is CCS(=O)(=O)N1CCN(C(=O)[C@H]2NCCO[C@@H]2C)CC1. The maximum atomic E-state index is 12.4. The van der Waals surface area contributed by atoms with Gasteiger partial charge in [-0.2, -0.15) is 4.31 Å². The molecule has 2 aliphatic heterocycles. The highest BCUT2D eigenvalue weighted by Crippen LogP contribution is 2.12. The van der Waals surface area contributed by atoms with E-state index >= 15 is 0 Å². The van der Waals surface area contributed by atoms with Crippen molar-refractivity contribution in [2.75, 3.05) is 45.1 Å². The largest absolute Gasteiger partial charge is 0.375 e. The normalized spacial score (nSPS) is 29.4. The Morgan fingerprint density at radius 1 is 1.30 bits per heavy atom. The molecule has 20 heavy (non-hydrogen) atoms. The minimum absolute atomic E-state index is 0.00532. The monoisotopic (exact) mass is 305 g/mol. The fourth-order valence-electron chi connectivity index (χ4n) is 2.58. The van der Waals surface area contributed by atoms with Gasteiger partial charge in [0.1, 0.15) is 6.04 Å². The van der Waals surface area contributed by atoms with Gasteiger partial charge in [-0.1, -0.05) is 0 Å². The highest BCUT2D eigenvalue weighted by Gasteiger charge is 2.34. The number of sulfonamides is 1. The van der Waals surface area contributed by atoms with Gasteiger partial charge in [-0.3, -0.25) is 4.79 Å². The van der Waals surface area contributed by atoms with E-state index in [-0.39, 0.29) is 23.8 Å². The average Bonchev–Trinajstić information content (AvgIpc) is 2.47. The summed E-state index contributed by atoms with van der Waals surface area (Å²) in [5.74, 6) is 0.112. The molecule has 0 radical (unpaired) electrons. The number of hydrogen-bond acceptors (Lipinski definition) is 5. The molecule has 0 bridgehead atoms. The summed E-state index contributed by atoms with van der Waals surface area (Å²) in [5, 5.41) is 3.17. The Kier molecular flexibility index (Phi) is 5.00. The Morgan fingerprint density at radius 3 is 2.50 bits per heavy atom. The van der Waals surface area contributed by atoms with Gasteiger partial charge in [-0.05, 0) is 13.8 Å². The van der Waals surface area contributed by atoms with Crippen LogP contribution in [0.3, 0.4) is 0 Å². The van der Waals surface area contributed by atoms with E-state index in [1.165, 1.54) is 4.31 Å². The highest BCUT2D eigenvalue weighted by atomic mass is 32.2. The summed E-state index contributed by atoms with van der Waals surface area (Å²) in [4.78, 5) is 14.1. The summed E-state index contributed by atoms with van der Waals surface area (Å²) < 4.78 is 30.5. The van der Waals surface area contributed by atoms with E-state index in [0.29, 0.717) is 39.3 Å². The molecule has 2 fully saturated rings. The van der Waals surface area contributed by atoms with E-state index in [4.69, 9.17) is 4.74 Å². The highest BCUT2D eigenvalue weighted by molar-refractivity contribution is 7.89. The Balaban J connectivity index is 1.92. The molecule has 2 aliphatic rings. The van der Waals surface area contributed by atoms with Crippen LogP contribution < -0.4 is 5.32 Å². The van der Waals surface area contributed by atoms with Crippen molar-refractivity contribution in [3.05, 3.63) is 0 Å². The topological polar surface area (TPSA) is 79.0 Å². The molecule has 0 aromatic rings. The molecule has 116 valence electrons. The van der Waals surface area contributed by atoms with Crippen LogP contribution in [0.4, 0.5) is 0 Å². The molecule has 2 rings (SSSR count). The van der Waals surface area contributed by atoms with E-state index in [1.807, 2.05) is 6.92 Å². The van der Waals surface area contributed by atoms with Crippen LogP contribution in [-0.4, -0.2) is 80.8 Å². The van der Waals surface area contributed by atoms with Gasteiger partial charge in [0.2, 0.25) is 15.9 Å². The summed E-state index contributed by atoms with van der Waals surface area (Å²) in [7, 11) is -3.15. The van der Waals surface area contributed by atoms with Crippen molar-refractivity contribution in [1.82, 2.24) is 14.5 Å². The number of morpholine rings is 1. The van der Waals surface area contributed by atoms with E-state index in [0.717, 1.165) is 0 Å². The van der Waals surface area contributed by atoms with Crippen LogP contribution in [0, 0.1) is 0 Å². The smallest absolute Gasteiger partial charge is 0.242 e. The van der Waals surface area contributed by atoms with Gasteiger partial charge in [0.15, 0.2) is 0 Å². The lowest BCUT2D eigenvalue weighted by Crippen LogP contribution is -2.60. The van der Waals surface area contributed by atoms with Crippen molar-refractivity contribution in [3.8, 4) is 0 Å². The van der Waals surface area contributed by atoms with Gasteiger partial charge < -0.3 is 15.0 Å². The summed E-state index contributed by atoms with van der Waals surface area (Å²) in [6.07, 6.45) is -0.145. The van der Waals surface area contributed by atoms with E-state index in [9.17, 15) is 13.2 Å². The predicted molar refractivity (Wildman–Crippen MR) is 74.8 cm³/mol. The van der Waals surface area contributed by atoms with Crippen molar-refractivity contribution >= 4 is 15.9 Å². The van der Waals surface area contributed by atoms with Crippen LogP contribution in [0.1, 0.15) is 13.8 Å². The Bertz CT molecular complexity index is 446. The second-order valence-corrected chi connectivity index (χ2v) is 7.39. The number of piperazine rings is 1. The number of ether oxygens (including phenoxy) is 1. The predicted octanol–water partition coefficient (Wildman–Crippen LogP) is -1.14. The first-order chi connectivity index (χ1) is 9.45. The summed E-state index contributed by atoms with van der Waals surface area (Å²) >= 11 is 0. The van der Waals surface area contributed by atoms with E-state index in [1.54, 1.807) is 11.8 Å². The molecular weight excluding hydrogens is 282 g/mol. The maximum Gasteiger partial charge on any atom is 0.242 e. The van der Waals surface area contributed by atoms with Crippen LogP contribution >= 0.6 is 0 Å². The summed E-state index contributed by atoms with van der Waals surface area (Å²) in [6.45, 7) is 6.46. The van der Waals surface area contributed by atoms with Crippen LogP contribution in [0.15, 0.2) is 0 Å². The van der Waals surface area contributed by atoms with Crippen LogP contribution in [0.5, 0.6) is 0 Å². The third-order valence-electron chi connectivity index (χ3n) is 3.89. The number of rotatable bonds is 3. The van der Waals surface area contributed by atoms with Crippen molar-refractivity contribution in [3.63, 3.8) is 0 Å². The molecule has 0 spiro atoms. The zero-order chi connectivity index (χ0) is 14.8. The number of nitrogens with one attached hydrogen (secondary N) is 1. The average molecular weight is 305 g/mol. The first-order valence-electron chi connectivity index (χ1n) is 7.07. The van der Waals surface area contributed by atoms with Crippen molar-refractivity contribution in [1.29, 1.82) is 0 Å². The number of carbonyl (C=O) groups is 1. The summed E-state index contributed by atoms with van der Waals surface area (Å²) in [6, 6.07) is -0.321. The number of amides is 1. The molecule has 0 aromatic heterocycles. The molecule has 1 N–H and O–H groups in total. The van der Waals surface area contributed by atoms with Crippen LogP contribution in [0.2, 0.25) is 0 Å². The molecule has 7 nitrogen and oxygen atoms in total. The third-order valence-corrected chi connectivity index (χ3v) is 5.77. The zero-order valence-electron chi connectivity index (χ0n) is 12.0. The Hall–Kier alpha value is -0.700. The van der Waals surface area contributed by atoms with Gasteiger partial charge in [0, 0.05) is 32.7 Å². The van der Waals surface area contributed by atoms with Gasteiger partial charge in [-0.25, -0.2) is 8.42 Å². The van der Waals surface area contributed by atoms with Crippen LogP contribution in [-0.2, 0) is 19.6 Å². The lowest BCUT2D eigenvalue weighted by Gasteiger charge is -2.38. The van der Waals surface area contributed by atoms with Gasteiger partial charge in [0.05, 0.1) is 18.5 Å². The van der Waals surface area contributed by atoms with Gasteiger partial charge in [-0.15, -0.1) is 0 Å². The summed E-state index contributed by atoms with van der Waals surface area (Å²) in [5.41, 5.74) is 0. The molecule has 0 saturated carbocycles. The number of nitrogens with zero attached hydrogens (tertiary/aromatic N) is 2. The first-order valence-corrected chi connectivity index (χ1v) is 8.68. The second-order valence-electron chi connectivity index (χ2n) is 5.13. The van der Waals surface area contributed by atoms with E-state index < -0.39 is 10.0 Å². The molecule has 0 aliphatic carbocycles. The lowest BCUT2D eigenvalue weighted by molar-refractivity contribution is -0.140. The molecule has 8 heteroatoms. The minimum atomic E-state index is -3.15. The Morgan fingerprint density at radius 2 is 1.95 bits per heavy atom. The van der Waals surface area contributed by atoms with Crippen molar-refractivity contribution < 1.29 is 17.9 Å². The fourth-order valence-corrected chi connectivity index (χ4v) is 3.66. The number of carbonyl (C=O) groups excluding carboxylic acids is 1. The molecule has 2 saturated heterocycles. The van der Waals surface area contributed by atoms with Crippen molar-refractivity contribution in [2.24, 2.45) is 0 Å². The lowest BCUT2D eigenvalue weighted by atomic mass is 10.1. The quantitative estimate of drug-likeness (QED) is 0.713. The minimum Gasteiger partial charge on any atom is -0.375 e. The fraction of sp³-hybridized carbons (Fsp3) is 0.917. The maximum absolute atomic E-state index is 12.4. The van der Waals surface area contributed by atoms with Gasteiger partial charge >= 0.3 is 0 Å². The first kappa shape index (κ1) is 15.7. The third kappa shape index (κ3) is 3.30. The molecule has 0 unspecified atom stereocenters. The van der Waals surface area contributed by atoms with Crippen LogP contribution in [0.25, 0.3) is 0 Å². The molecule has 0 aromatic carbocycles.